The smallest absolute Gasteiger partial charge is 0.246 e. The number of aromatic nitrogens is 2. The zero-order chi connectivity index (χ0) is 22.3. The van der Waals surface area contributed by atoms with Gasteiger partial charge in [0.1, 0.15) is 6.07 Å². The highest BCUT2D eigenvalue weighted by molar-refractivity contribution is 14.0. The van der Waals surface area contributed by atoms with E-state index in [1.807, 2.05) is 36.4 Å². The molecule has 2 aromatic carbocycles. The molecular weight excluding hydrogens is 553 g/mol. The molecular formula is C23H25ClIN7O. The fourth-order valence-electron chi connectivity index (χ4n) is 3.78. The third kappa shape index (κ3) is 6.36. The molecule has 0 saturated carbocycles. The van der Waals surface area contributed by atoms with Gasteiger partial charge in [-0.3, -0.25) is 4.99 Å². The van der Waals surface area contributed by atoms with Crippen LogP contribution in [0, 0.1) is 11.3 Å². The van der Waals surface area contributed by atoms with Gasteiger partial charge in [-0.2, -0.15) is 10.2 Å². The molecule has 0 bridgehead atoms. The van der Waals surface area contributed by atoms with E-state index in [9.17, 15) is 5.26 Å². The summed E-state index contributed by atoms with van der Waals surface area (Å²) in [4.78, 5) is 11.0. The Morgan fingerprint density at radius 2 is 2.15 bits per heavy atom. The lowest BCUT2D eigenvalue weighted by atomic mass is 10.0. The van der Waals surface area contributed by atoms with E-state index >= 15 is 0 Å². The summed E-state index contributed by atoms with van der Waals surface area (Å²) in [5.41, 5.74) is 2.47. The number of benzene rings is 2. The second-order valence-electron chi connectivity index (χ2n) is 7.51. The molecule has 1 aromatic heterocycles. The minimum atomic E-state index is 0. The van der Waals surface area contributed by atoms with Crippen molar-refractivity contribution < 1.29 is 4.52 Å². The monoisotopic (exact) mass is 577 g/mol. The van der Waals surface area contributed by atoms with E-state index in [0.717, 1.165) is 37.2 Å². The van der Waals surface area contributed by atoms with E-state index in [1.54, 1.807) is 19.2 Å². The van der Waals surface area contributed by atoms with E-state index in [-0.39, 0.29) is 30.0 Å². The van der Waals surface area contributed by atoms with Gasteiger partial charge in [0.25, 0.3) is 0 Å². The molecule has 0 spiro atoms. The second kappa shape index (κ2) is 11.9. The van der Waals surface area contributed by atoms with Crippen LogP contribution in [0.5, 0.6) is 0 Å². The highest BCUT2D eigenvalue weighted by atomic mass is 127. The summed E-state index contributed by atoms with van der Waals surface area (Å²) in [5, 5.41) is 20.8. The molecule has 172 valence electrons. The number of nitrogens with zero attached hydrogens (tertiary/aromatic N) is 5. The molecule has 8 nitrogen and oxygen atoms in total. The Balaban J connectivity index is 0.00000306. The number of para-hydroxylation sites is 1. The number of hydrogen-bond donors (Lipinski definition) is 2. The van der Waals surface area contributed by atoms with E-state index in [4.69, 9.17) is 16.1 Å². The largest absolute Gasteiger partial charge is 0.368 e. The number of piperidine rings is 1. The zero-order valence-electron chi connectivity index (χ0n) is 18.2. The van der Waals surface area contributed by atoms with Crippen LogP contribution in [-0.4, -0.2) is 42.3 Å². The third-order valence-electron chi connectivity index (χ3n) is 5.31. The van der Waals surface area contributed by atoms with Crippen LogP contribution in [0.4, 0.5) is 5.69 Å². The molecule has 4 rings (SSSR count). The van der Waals surface area contributed by atoms with Gasteiger partial charge in [-0.1, -0.05) is 41.0 Å². The Hall–Kier alpha value is -2.84. The molecule has 0 aliphatic carbocycles. The van der Waals surface area contributed by atoms with Crippen molar-refractivity contribution in [2.45, 2.75) is 25.4 Å². The topological polar surface area (TPSA) is 102 Å². The van der Waals surface area contributed by atoms with Crippen LogP contribution in [-0.2, 0) is 6.54 Å². The predicted octanol–water partition coefficient (Wildman–Crippen LogP) is 4.21. The van der Waals surface area contributed by atoms with Gasteiger partial charge in [-0.15, -0.1) is 24.0 Å². The second-order valence-corrected chi connectivity index (χ2v) is 7.94. The van der Waals surface area contributed by atoms with Gasteiger partial charge in [0.05, 0.1) is 17.8 Å². The Morgan fingerprint density at radius 1 is 1.30 bits per heavy atom. The maximum Gasteiger partial charge on any atom is 0.246 e. The van der Waals surface area contributed by atoms with Crippen LogP contribution >= 0.6 is 35.6 Å². The average molecular weight is 578 g/mol. The lowest BCUT2D eigenvalue weighted by Gasteiger charge is -2.35. The Labute approximate surface area is 215 Å². The summed E-state index contributed by atoms with van der Waals surface area (Å²) in [7, 11) is 1.73. The first kappa shape index (κ1) is 24.8. The molecule has 1 fully saturated rings. The fraction of sp³-hybridized carbons (Fsp3) is 0.304. The molecule has 0 radical (unpaired) electrons. The number of aliphatic imine (C=N–C) groups is 1. The Kier molecular flexibility index (Phi) is 8.91. The lowest BCUT2D eigenvalue weighted by molar-refractivity contribution is 0.374. The molecule has 0 amide bonds. The van der Waals surface area contributed by atoms with Crippen LogP contribution in [0.25, 0.3) is 11.4 Å². The van der Waals surface area contributed by atoms with Crippen LogP contribution < -0.4 is 15.5 Å². The molecule has 1 unspecified atom stereocenters. The maximum absolute atomic E-state index is 9.42. The molecule has 1 saturated heterocycles. The van der Waals surface area contributed by atoms with E-state index < -0.39 is 0 Å². The zero-order valence-corrected chi connectivity index (χ0v) is 21.2. The minimum absolute atomic E-state index is 0. The van der Waals surface area contributed by atoms with Crippen LogP contribution in [0.1, 0.15) is 24.3 Å². The molecule has 1 aliphatic heterocycles. The summed E-state index contributed by atoms with van der Waals surface area (Å²) in [5.74, 6) is 1.61. The van der Waals surface area contributed by atoms with Gasteiger partial charge in [-0.25, -0.2) is 0 Å². The summed E-state index contributed by atoms with van der Waals surface area (Å²) in [6, 6.07) is 17.5. The number of anilines is 1. The van der Waals surface area contributed by atoms with Gasteiger partial charge >= 0.3 is 0 Å². The van der Waals surface area contributed by atoms with Crippen LogP contribution in [0.3, 0.4) is 0 Å². The van der Waals surface area contributed by atoms with Crippen molar-refractivity contribution in [3.63, 3.8) is 0 Å². The molecule has 10 heteroatoms. The van der Waals surface area contributed by atoms with Crippen molar-refractivity contribution in [2.75, 3.05) is 25.0 Å². The quantitative estimate of drug-likeness (QED) is 0.266. The highest BCUT2D eigenvalue weighted by Crippen LogP contribution is 2.24. The number of hydrogen-bond acceptors (Lipinski definition) is 6. The van der Waals surface area contributed by atoms with Crippen molar-refractivity contribution in [1.29, 1.82) is 5.26 Å². The fourth-order valence-corrected chi connectivity index (χ4v) is 3.97. The molecule has 1 aliphatic rings. The third-order valence-corrected chi connectivity index (χ3v) is 5.54. The van der Waals surface area contributed by atoms with Gasteiger partial charge in [0.15, 0.2) is 5.96 Å². The first-order valence-electron chi connectivity index (χ1n) is 10.5. The van der Waals surface area contributed by atoms with Gasteiger partial charge < -0.3 is 20.1 Å². The summed E-state index contributed by atoms with van der Waals surface area (Å²) in [6.07, 6.45) is 2.05. The normalized spacial score (nSPS) is 16.0. The van der Waals surface area contributed by atoms with Crippen molar-refractivity contribution in [1.82, 2.24) is 20.8 Å². The molecule has 1 atom stereocenters. The lowest BCUT2D eigenvalue weighted by Crippen LogP contribution is -2.51. The van der Waals surface area contributed by atoms with Gasteiger partial charge in [-0.05, 0) is 37.1 Å². The Bertz CT molecular complexity index is 1140. The maximum atomic E-state index is 9.42. The summed E-state index contributed by atoms with van der Waals surface area (Å²) in [6.45, 7) is 2.07. The van der Waals surface area contributed by atoms with Gasteiger partial charge in [0.2, 0.25) is 11.7 Å². The minimum Gasteiger partial charge on any atom is -0.368 e. The standard InChI is InChI=1S/C23H24ClN7O.HI/c1-26-23(27-14-21-29-22(30-32-21)16-7-4-8-18(24)12-16)28-19-9-5-11-31(15-19)20-10-3-2-6-17(20)13-25;/h2-4,6-8,10,12,19H,5,9,11,14-15H2,1H3,(H2,26,27,28);1H. The first-order chi connectivity index (χ1) is 15.7. The number of guanidine groups is 1. The van der Waals surface area contributed by atoms with E-state index in [1.165, 1.54) is 0 Å². The number of rotatable bonds is 5. The number of halogens is 2. The van der Waals surface area contributed by atoms with Crippen molar-refractivity contribution in [3.8, 4) is 17.5 Å². The van der Waals surface area contributed by atoms with Crippen molar-refractivity contribution in [2.24, 2.45) is 4.99 Å². The van der Waals surface area contributed by atoms with Crippen LogP contribution in [0.2, 0.25) is 5.02 Å². The van der Waals surface area contributed by atoms with E-state index in [2.05, 4.69) is 36.7 Å². The molecule has 33 heavy (non-hydrogen) atoms. The predicted molar refractivity (Wildman–Crippen MR) is 140 cm³/mol. The van der Waals surface area contributed by atoms with Crippen molar-refractivity contribution >= 4 is 47.2 Å². The molecule has 3 aromatic rings. The number of nitriles is 1. The van der Waals surface area contributed by atoms with Crippen LogP contribution in [0.15, 0.2) is 58.0 Å². The molecule has 2 N–H and O–H groups in total. The number of nitrogens with one attached hydrogen (secondary N) is 2. The average Bonchev–Trinajstić information content (AvgIpc) is 3.31. The van der Waals surface area contributed by atoms with Crippen molar-refractivity contribution in [3.05, 3.63) is 65.0 Å². The highest BCUT2D eigenvalue weighted by Gasteiger charge is 2.22. The summed E-state index contributed by atoms with van der Waals surface area (Å²) < 4.78 is 5.36. The van der Waals surface area contributed by atoms with Gasteiger partial charge in [0, 0.05) is 36.8 Å². The van der Waals surface area contributed by atoms with E-state index in [0.29, 0.717) is 34.8 Å². The first-order valence-corrected chi connectivity index (χ1v) is 10.8. The Morgan fingerprint density at radius 3 is 2.94 bits per heavy atom. The molecule has 2 heterocycles. The summed E-state index contributed by atoms with van der Waals surface area (Å²) >= 11 is 6.04. The SMILES string of the molecule is CN=C(NCc1nc(-c2cccc(Cl)c2)no1)NC1CCCN(c2ccccc2C#N)C1.I.